The molecule has 0 saturated heterocycles. The number of nitro benzene ring substituents is 1. The zero-order valence-electron chi connectivity index (χ0n) is 13.0. The molecule has 0 heterocycles. The van der Waals surface area contributed by atoms with Gasteiger partial charge >= 0.3 is 0 Å². The van der Waals surface area contributed by atoms with E-state index >= 15 is 0 Å². The first kappa shape index (κ1) is 16.9. The minimum Gasteiger partial charge on any atom is -0.504 e. The minimum absolute atomic E-state index is 0.0465. The number of benzene rings is 2. The normalized spacial score (nSPS) is 10.6. The third kappa shape index (κ3) is 3.86. The summed E-state index contributed by atoms with van der Waals surface area (Å²) in [6.07, 6.45) is 1.11. The van der Waals surface area contributed by atoms with Crippen LogP contribution in [0.5, 0.6) is 11.5 Å². The van der Waals surface area contributed by atoms with Crippen LogP contribution in [0.4, 0.5) is 5.69 Å². The first-order valence-corrected chi connectivity index (χ1v) is 6.88. The Balaban J connectivity index is 2.19. The van der Waals surface area contributed by atoms with Crippen molar-refractivity contribution in [2.45, 2.75) is 6.92 Å². The van der Waals surface area contributed by atoms with Crippen LogP contribution in [0.3, 0.4) is 0 Å². The van der Waals surface area contributed by atoms with Crippen molar-refractivity contribution in [2.24, 2.45) is 5.10 Å². The van der Waals surface area contributed by atoms with Gasteiger partial charge in [0.1, 0.15) is 0 Å². The Bertz CT molecular complexity index is 800. The van der Waals surface area contributed by atoms with Crippen molar-refractivity contribution in [3.8, 4) is 11.5 Å². The number of amides is 1. The molecule has 0 aliphatic carbocycles. The fraction of sp³-hybridized carbons (Fsp3) is 0.125. The lowest BCUT2D eigenvalue weighted by molar-refractivity contribution is -0.385. The van der Waals surface area contributed by atoms with Gasteiger partial charge in [-0.25, -0.2) is 5.43 Å². The lowest BCUT2D eigenvalue weighted by Gasteiger charge is -2.06. The Hall–Kier alpha value is -3.42. The van der Waals surface area contributed by atoms with Crippen LogP contribution in [0.15, 0.2) is 41.5 Å². The van der Waals surface area contributed by atoms with Crippen molar-refractivity contribution in [3.63, 3.8) is 0 Å². The van der Waals surface area contributed by atoms with Crippen LogP contribution in [-0.2, 0) is 0 Å². The predicted octanol–water partition coefficient (Wildman–Crippen LogP) is 2.38. The van der Waals surface area contributed by atoms with Gasteiger partial charge in [-0.05, 0) is 19.1 Å². The number of nitrogens with one attached hydrogen (secondary N) is 1. The largest absolute Gasteiger partial charge is 0.504 e. The molecule has 2 aromatic rings. The van der Waals surface area contributed by atoms with Crippen molar-refractivity contribution in [3.05, 3.63) is 63.2 Å². The molecule has 0 spiro atoms. The molecule has 0 radical (unpaired) electrons. The Morgan fingerprint density at radius 2 is 2.00 bits per heavy atom. The molecule has 0 bridgehead atoms. The van der Waals surface area contributed by atoms with E-state index in [0.717, 1.165) is 23.9 Å². The summed E-state index contributed by atoms with van der Waals surface area (Å²) >= 11 is 0. The molecule has 0 aliphatic heterocycles. The second-order valence-electron chi connectivity index (χ2n) is 4.91. The Kier molecular flexibility index (Phi) is 5.10. The maximum Gasteiger partial charge on any atom is 0.274 e. The number of carbonyl (C=O) groups is 1. The molecule has 2 aromatic carbocycles. The minimum atomic E-state index is -0.621. The van der Waals surface area contributed by atoms with Gasteiger partial charge in [0.05, 0.1) is 24.3 Å². The summed E-state index contributed by atoms with van der Waals surface area (Å²) in [5.41, 5.74) is 3.50. The standard InChI is InChI=1S/C16H15N3O5/c1-10-3-5-11(6-4-10)16(21)18-17-9-12-7-13(19(22)23)8-14(24-2)15(12)20/h3-9,20H,1-2H3,(H,18,21)/b17-9-. The molecule has 8 heteroatoms. The number of methoxy groups -OCH3 is 1. The lowest BCUT2D eigenvalue weighted by atomic mass is 10.1. The number of aromatic hydroxyl groups is 1. The van der Waals surface area contributed by atoms with E-state index in [-0.39, 0.29) is 22.7 Å². The van der Waals surface area contributed by atoms with Crippen LogP contribution in [0.25, 0.3) is 0 Å². The maximum atomic E-state index is 11.9. The van der Waals surface area contributed by atoms with E-state index in [0.29, 0.717) is 5.56 Å². The van der Waals surface area contributed by atoms with Crippen molar-refractivity contribution in [1.29, 1.82) is 0 Å². The molecular weight excluding hydrogens is 314 g/mol. The quantitative estimate of drug-likeness (QED) is 0.496. The lowest BCUT2D eigenvalue weighted by Crippen LogP contribution is -2.17. The highest BCUT2D eigenvalue weighted by Gasteiger charge is 2.15. The van der Waals surface area contributed by atoms with Gasteiger partial charge in [0.15, 0.2) is 11.5 Å². The molecule has 0 unspecified atom stereocenters. The molecule has 24 heavy (non-hydrogen) atoms. The molecule has 8 nitrogen and oxygen atoms in total. The number of phenols is 1. The molecule has 0 aromatic heterocycles. The second-order valence-corrected chi connectivity index (χ2v) is 4.91. The monoisotopic (exact) mass is 329 g/mol. The molecular formula is C16H15N3O5. The van der Waals surface area contributed by atoms with Gasteiger partial charge in [-0.1, -0.05) is 17.7 Å². The van der Waals surface area contributed by atoms with E-state index in [4.69, 9.17) is 4.74 Å². The zero-order valence-corrected chi connectivity index (χ0v) is 13.0. The van der Waals surface area contributed by atoms with Crippen molar-refractivity contribution in [1.82, 2.24) is 5.43 Å². The first-order valence-electron chi connectivity index (χ1n) is 6.88. The predicted molar refractivity (Wildman–Crippen MR) is 87.6 cm³/mol. The Labute approximate surface area is 137 Å². The molecule has 2 rings (SSSR count). The van der Waals surface area contributed by atoms with Crippen LogP contribution >= 0.6 is 0 Å². The maximum absolute atomic E-state index is 11.9. The molecule has 2 N–H and O–H groups in total. The van der Waals surface area contributed by atoms with E-state index in [1.807, 2.05) is 6.92 Å². The van der Waals surface area contributed by atoms with Crippen molar-refractivity contribution < 1.29 is 19.6 Å². The van der Waals surface area contributed by atoms with E-state index < -0.39 is 10.8 Å². The number of nitrogens with zero attached hydrogens (tertiary/aromatic N) is 2. The highest BCUT2D eigenvalue weighted by molar-refractivity contribution is 5.95. The van der Waals surface area contributed by atoms with Crippen molar-refractivity contribution >= 4 is 17.8 Å². The third-order valence-corrected chi connectivity index (χ3v) is 3.20. The number of non-ortho nitro benzene ring substituents is 1. The number of carbonyl (C=O) groups excluding carboxylic acids is 1. The fourth-order valence-corrected chi connectivity index (χ4v) is 1.90. The molecule has 1 amide bonds. The highest BCUT2D eigenvalue weighted by atomic mass is 16.6. The summed E-state index contributed by atoms with van der Waals surface area (Å²) < 4.78 is 4.88. The average molecular weight is 329 g/mol. The average Bonchev–Trinajstić information content (AvgIpc) is 2.56. The van der Waals surface area contributed by atoms with Crippen LogP contribution in [0.1, 0.15) is 21.5 Å². The zero-order chi connectivity index (χ0) is 17.7. The number of phenolic OH excluding ortho intramolecular Hbond substituents is 1. The Morgan fingerprint density at radius 3 is 2.58 bits per heavy atom. The second kappa shape index (κ2) is 7.23. The van der Waals surface area contributed by atoms with Gasteiger partial charge in [0.2, 0.25) is 0 Å². The van der Waals surface area contributed by atoms with E-state index in [9.17, 15) is 20.0 Å². The molecule has 0 aliphatic rings. The van der Waals surface area contributed by atoms with Gasteiger partial charge in [-0.2, -0.15) is 5.10 Å². The SMILES string of the molecule is COc1cc([N+](=O)[O-])cc(/C=N\NC(=O)c2ccc(C)cc2)c1O. The van der Waals surface area contributed by atoms with Crippen LogP contribution in [0.2, 0.25) is 0 Å². The number of ether oxygens (including phenoxy) is 1. The molecule has 124 valence electrons. The van der Waals surface area contributed by atoms with Gasteiger partial charge in [-0.3, -0.25) is 14.9 Å². The summed E-state index contributed by atoms with van der Waals surface area (Å²) in [4.78, 5) is 22.2. The third-order valence-electron chi connectivity index (χ3n) is 3.20. The number of hydrogen-bond acceptors (Lipinski definition) is 6. The first-order chi connectivity index (χ1) is 11.4. The molecule has 0 fully saturated rings. The van der Waals surface area contributed by atoms with Gasteiger partial charge in [0.25, 0.3) is 11.6 Å². The van der Waals surface area contributed by atoms with Crippen LogP contribution < -0.4 is 10.2 Å². The fourth-order valence-electron chi connectivity index (χ4n) is 1.90. The van der Waals surface area contributed by atoms with Crippen LogP contribution in [-0.4, -0.2) is 29.3 Å². The summed E-state index contributed by atoms with van der Waals surface area (Å²) in [6.45, 7) is 1.90. The number of hydrazone groups is 1. The summed E-state index contributed by atoms with van der Waals surface area (Å²) in [7, 11) is 1.28. The summed E-state index contributed by atoms with van der Waals surface area (Å²) in [6, 6.07) is 9.09. The smallest absolute Gasteiger partial charge is 0.274 e. The molecule has 0 saturated carbocycles. The summed E-state index contributed by atoms with van der Waals surface area (Å²) in [5.74, 6) is -0.810. The van der Waals surface area contributed by atoms with Crippen molar-refractivity contribution in [2.75, 3.05) is 7.11 Å². The van der Waals surface area contributed by atoms with Gasteiger partial charge in [0, 0.05) is 17.2 Å². The number of rotatable bonds is 5. The molecule has 0 atom stereocenters. The number of aryl methyl sites for hydroxylation is 1. The van der Waals surface area contributed by atoms with E-state index in [1.54, 1.807) is 24.3 Å². The van der Waals surface area contributed by atoms with E-state index in [2.05, 4.69) is 10.5 Å². The van der Waals surface area contributed by atoms with Gasteiger partial charge < -0.3 is 9.84 Å². The summed E-state index contributed by atoms with van der Waals surface area (Å²) in [5, 5.41) is 24.6. The number of hydrogen-bond donors (Lipinski definition) is 2. The van der Waals surface area contributed by atoms with Gasteiger partial charge in [-0.15, -0.1) is 0 Å². The highest BCUT2D eigenvalue weighted by Crippen LogP contribution is 2.33. The van der Waals surface area contributed by atoms with E-state index in [1.165, 1.54) is 7.11 Å². The topological polar surface area (TPSA) is 114 Å². The van der Waals surface area contributed by atoms with Crippen LogP contribution in [0, 0.1) is 17.0 Å². The Morgan fingerprint density at radius 1 is 1.33 bits per heavy atom. The number of nitro groups is 1.